The molecule has 2 aromatic carbocycles. The first kappa shape index (κ1) is 17.1. The van der Waals surface area contributed by atoms with Crippen LogP contribution < -0.4 is 10.1 Å². The molecule has 4 rings (SSSR count). The molecule has 0 saturated carbocycles. The van der Waals surface area contributed by atoms with Crippen LogP contribution in [0.3, 0.4) is 0 Å². The van der Waals surface area contributed by atoms with E-state index in [9.17, 15) is 4.79 Å². The number of amides is 1. The Balaban J connectivity index is 1.31. The number of ether oxygens (including phenoxy) is 1. The molecule has 1 N–H and O–H groups in total. The number of hydrogen-bond acceptors (Lipinski definition) is 4. The second-order valence-corrected chi connectivity index (χ2v) is 7.63. The number of halogens is 1. The van der Waals surface area contributed by atoms with Crippen LogP contribution in [0.1, 0.15) is 17.0 Å². The SMILES string of the molecule is O=C(NCCCc1nc2ccccc2s1)C1=Cc2cc(Cl)ccc2OC1. The molecule has 26 heavy (non-hydrogen) atoms. The zero-order chi connectivity index (χ0) is 17.9. The lowest BCUT2D eigenvalue weighted by Crippen LogP contribution is -2.29. The van der Waals surface area contributed by atoms with Crippen LogP contribution in [0.5, 0.6) is 5.75 Å². The first-order valence-corrected chi connectivity index (χ1v) is 9.64. The molecule has 132 valence electrons. The van der Waals surface area contributed by atoms with Crippen LogP contribution in [-0.2, 0) is 11.2 Å². The van der Waals surface area contributed by atoms with Gasteiger partial charge in [0.05, 0.1) is 20.8 Å². The Morgan fingerprint density at radius 3 is 3.04 bits per heavy atom. The molecule has 0 unspecified atom stereocenters. The van der Waals surface area contributed by atoms with Crippen molar-refractivity contribution in [1.82, 2.24) is 10.3 Å². The molecule has 3 aromatic rings. The first-order valence-electron chi connectivity index (χ1n) is 8.44. The zero-order valence-electron chi connectivity index (χ0n) is 14.0. The topological polar surface area (TPSA) is 51.2 Å². The number of carbonyl (C=O) groups excluding carboxylic acids is 1. The Labute approximate surface area is 160 Å². The average Bonchev–Trinajstić information content (AvgIpc) is 3.07. The average molecular weight is 385 g/mol. The van der Waals surface area contributed by atoms with Gasteiger partial charge in [-0.15, -0.1) is 11.3 Å². The molecular formula is C20H17ClN2O2S. The van der Waals surface area contributed by atoms with Gasteiger partial charge in [0.25, 0.3) is 5.91 Å². The third kappa shape index (κ3) is 3.74. The van der Waals surface area contributed by atoms with E-state index in [1.165, 1.54) is 4.70 Å². The third-order valence-corrected chi connectivity index (χ3v) is 5.50. The van der Waals surface area contributed by atoms with Gasteiger partial charge in [0.15, 0.2) is 0 Å². The van der Waals surface area contributed by atoms with Crippen molar-refractivity contribution in [2.45, 2.75) is 12.8 Å². The molecule has 1 aliphatic rings. The van der Waals surface area contributed by atoms with Crippen molar-refractivity contribution in [1.29, 1.82) is 0 Å². The number of hydrogen-bond donors (Lipinski definition) is 1. The van der Waals surface area contributed by atoms with Gasteiger partial charge < -0.3 is 10.1 Å². The Hall–Kier alpha value is -2.37. The summed E-state index contributed by atoms with van der Waals surface area (Å²) in [6.45, 7) is 0.882. The van der Waals surface area contributed by atoms with Gasteiger partial charge >= 0.3 is 0 Å². The quantitative estimate of drug-likeness (QED) is 0.660. The number of fused-ring (bicyclic) bond motifs is 2. The summed E-state index contributed by atoms with van der Waals surface area (Å²) in [6, 6.07) is 13.5. The molecule has 0 saturated heterocycles. The summed E-state index contributed by atoms with van der Waals surface area (Å²) in [6.07, 6.45) is 3.54. The molecule has 2 heterocycles. The van der Waals surface area contributed by atoms with E-state index >= 15 is 0 Å². The van der Waals surface area contributed by atoms with Crippen molar-refractivity contribution < 1.29 is 9.53 Å². The molecule has 4 nitrogen and oxygen atoms in total. The fourth-order valence-electron chi connectivity index (χ4n) is 2.86. The number of carbonyl (C=O) groups is 1. The van der Waals surface area contributed by atoms with E-state index in [1.807, 2.05) is 30.3 Å². The third-order valence-electron chi connectivity index (χ3n) is 4.17. The first-order chi connectivity index (χ1) is 12.7. The smallest absolute Gasteiger partial charge is 0.250 e. The molecule has 1 aromatic heterocycles. The van der Waals surface area contributed by atoms with E-state index in [-0.39, 0.29) is 12.5 Å². The molecule has 1 amide bonds. The second kappa shape index (κ2) is 7.48. The van der Waals surface area contributed by atoms with E-state index in [0.717, 1.165) is 34.7 Å². The Bertz CT molecular complexity index is 963. The minimum atomic E-state index is -0.0973. The fourth-order valence-corrected chi connectivity index (χ4v) is 4.05. The normalized spacial score (nSPS) is 13.0. The fraction of sp³-hybridized carbons (Fsp3) is 0.200. The lowest BCUT2D eigenvalue weighted by Gasteiger charge is -2.17. The van der Waals surface area contributed by atoms with Gasteiger partial charge in [-0.3, -0.25) is 4.79 Å². The molecule has 0 aliphatic carbocycles. The summed E-state index contributed by atoms with van der Waals surface area (Å²) in [4.78, 5) is 17.0. The Morgan fingerprint density at radius 2 is 2.15 bits per heavy atom. The van der Waals surface area contributed by atoms with Crippen LogP contribution in [0.2, 0.25) is 5.02 Å². The number of nitrogens with one attached hydrogen (secondary N) is 1. The molecule has 0 radical (unpaired) electrons. The molecule has 1 aliphatic heterocycles. The number of aromatic nitrogens is 1. The van der Waals surface area contributed by atoms with E-state index in [0.29, 0.717) is 17.1 Å². The monoisotopic (exact) mass is 384 g/mol. The molecule has 0 spiro atoms. The summed E-state index contributed by atoms with van der Waals surface area (Å²) < 4.78 is 6.83. The van der Waals surface area contributed by atoms with E-state index in [1.54, 1.807) is 23.5 Å². The van der Waals surface area contributed by atoms with E-state index < -0.39 is 0 Å². The standard InChI is InChI=1S/C20H17ClN2O2S/c21-15-7-8-17-13(11-15)10-14(12-25-17)20(24)22-9-3-6-19-23-16-4-1-2-5-18(16)26-19/h1-2,4-5,7-8,10-11H,3,6,9,12H2,(H,22,24). The molecule has 0 fully saturated rings. The highest BCUT2D eigenvalue weighted by Crippen LogP contribution is 2.29. The number of para-hydroxylation sites is 1. The number of benzene rings is 2. The van der Waals surface area contributed by atoms with Gasteiger partial charge in [0, 0.05) is 23.6 Å². The Kier molecular flexibility index (Phi) is 4.91. The summed E-state index contributed by atoms with van der Waals surface area (Å²) in [5.74, 6) is 0.654. The molecule has 0 atom stereocenters. The summed E-state index contributed by atoms with van der Waals surface area (Å²) >= 11 is 7.71. The lowest BCUT2D eigenvalue weighted by atomic mass is 10.1. The molecule has 6 heteroatoms. The van der Waals surface area contributed by atoms with Crippen LogP contribution in [0.4, 0.5) is 0 Å². The van der Waals surface area contributed by atoms with Gasteiger partial charge in [-0.1, -0.05) is 23.7 Å². The van der Waals surface area contributed by atoms with Crippen molar-refractivity contribution in [3.05, 3.63) is 63.6 Å². The van der Waals surface area contributed by atoms with E-state index in [2.05, 4.69) is 16.4 Å². The minimum absolute atomic E-state index is 0.0973. The van der Waals surface area contributed by atoms with Crippen molar-refractivity contribution in [2.24, 2.45) is 0 Å². The second-order valence-electron chi connectivity index (χ2n) is 6.08. The zero-order valence-corrected chi connectivity index (χ0v) is 15.6. The predicted molar refractivity (Wildman–Crippen MR) is 106 cm³/mol. The number of rotatable bonds is 5. The maximum absolute atomic E-state index is 12.3. The summed E-state index contributed by atoms with van der Waals surface area (Å²) in [5, 5.41) is 4.69. The van der Waals surface area contributed by atoms with Crippen LogP contribution >= 0.6 is 22.9 Å². The van der Waals surface area contributed by atoms with Crippen LogP contribution in [0, 0.1) is 0 Å². The number of nitrogens with zero attached hydrogens (tertiary/aromatic N) is 1. The van der Waals surface area contributed by atoms with Gasteiger partial charge in [-0.25, -0.2) is 4.98 Å². The largest absolute Gasteiger partial charge is 0.488 e. The highest BCUT2D eigenvalue weighted by molar-refractivity contribution is 7.18. The number of aryl methyl sites for hydroxylation is 1. The maximum Gasteiger partial charge on any atom is 0.250 e. The highest BCUT2D eigenvalue weighted by Gasteiger charge is 2.17. The van der Waals surface area contributed by atoms with Crippen molar-refractivity contribution in [3.8, 4) is 5.75 Å². The van der Waals surface area contributed by atoms with Crippen molar-refractivity contribution >= 4 is 45.1 Å². The maximum atomic E-state index is 12.3. The molecule has 0 bridgehead atoms. The van der Waals surface area contributed by atoms with Gasteiger partial charge in [0.1, 0.15) is 12.4 Å². The molecular weight excluding hydrogens is 368 g/mol. The van der Waals surface area contributed by atoms with Crippen LogP contribution in [0.25, 0.3) is 16.3 Å². The predicted octanol–water partition coefficient (Wildman–Crippen LogP) is 4.47. The van der Waals surface area contributed by atoms with Crippen LogP contribution in [-0.4, -0.2) is 24.0 Å². The van der Waals surface area contributed by atoms with Gasteiger partial charge in [0.2, 0.25) is 0 Å². The van der Waals surface area contributed by atoms with Gasteiger partial charge in [-0.2, -0.15) is 0 Å². The summed E-state index contributed by atoms with van der Waals surface area (Å²) in [5.41, 5.74) is 2.49. The van der Waals surface area contributed by atoms with Gasteiger partial charge in [-0.05, 0) is 42.8 Å². The number of thiazole rings is 1. The van der Waals surface area contributed by atoms with Crippen molar-refractivity contribution in [3.63, 3.8) is 0 Å². The van der Waals surface area contributed by atoms with Crippen LogP contribution in [0.15, 0.2) is 48.0 Å². The van der Waals surface area contributed by atoms with E-state index in [4.69, 9.17) is 16.3 Å². The summed E-state index contributed by atoms with van der Waals surface area (Å²) in [7, 11) is 0. The minimum Gasteiger partial charge on any atom is -0.488 e. The van der Waals surface area contributed by atoms with Crippen molar-refractivity contribution in [2.75, 3.05) is 13.2 Å². The lowest BCUT2D eigenvalue weighted by molar-refractivity contribution is -0.117. The highest BCUT2D eigenvalue weighted by atomic mass is 35.5. The Morgan fingerprint density at radius 1 is 1.27 bits per heavy atom.